The van der Waals surface area contributed by atoms with Crippen LogP contribution in [0.25, 0.3) is 0 Å². The lowest BCUT2D eigenvalue weighted by atomic mass is 10.2. The second-order valence-corrected chi connectivity index (χ2v) is 4.14. The van der Waals surface area contributed by atoms with Gasteiger partial charge in [-0.3, -0.25) is 0 Å². The van der Waals surface area contributed by atoms with Gasteiger partial charge in [-0.1, -0.05) is 17.3 Å². The fraction of sp³-hybridized carbons (Fsp3) is 0.385. The van der Waals surface area contributed by atoms with Gasteiger partial charge >= 0.3 is 0 Å². The average Bonchev–Trinajstić information content (AvgIpc) is 2.86. The van der Waals surface area contributed by atoms with E-state index in [2.05, 4.69) is 10.3 Å². The predicted octanol–water partition coefficient (Wildman–Crippen LogP) is 1.39. The van der Waals surface area contributed by atoms with Gasteiger partial charge in [0, 0.05) is 6.20 Å². The average molecular weight is 264 g/mol. The summed E-state index contributed by atoms with van der Waals surface area (Å²) in [5.41, 5.74) is 6.34. The molecule has 5 nitrogen and oxygen atoms in total. The third-order valence-electron chi connectivity index (χ3n) is 2.64. The largest absolute Gasteiger partial charge is 0.489 e. The Morgan fingerprint density at radius 3 is 2.95 bits per heavy atom. The standard InChI is InChI=1S/C13H17FN4O/c14-12-5-1-2-6-13(12)19-9-8-18-10-11(16-17-18)4-3-7-15/h1-2,5-6,10H,3-4,7-9,15H2. The topological polar surface area (TPSA) is 66.0 Å². The van der Waals surface area contributed by atoms with Crippen LogP contribution in [-0.2, 0) is 13.0 Å². The van der Waals surface area contributed by atoms with E-state index in [9.17, 15) is 4.39 Å². The fourth-order valence-electron chi connectivity index (χ4n) is 1.66. The van der Waals surface area contributed by atoms with Crippen molar-refractivity contribution in [3.8, 4) is 5.75 Å². The maximum absolute atomic E-state index is 13.3. The van der Waals surface area contributed by atoms with Crippen molar-refractivity contribution >= 4 is 0 Å². The number of halogens is 1. The second kappa shape index (κ2) is 6.84. The van der Waals surface area contributed by atoms with Crippen LogP contribution in [-0.4, -0.2) is 28.1 Å². The van der Waals surface area contributed by atoms with Gasteiger partial charge in [-0.2, -0.15) is 0 Å². The summed E-state index contributed by atoms with van der Waals surface area (Å²) in [6.07, 6.45) is 3.58. The normalized spacial score (nSPS) is 10.6. The highest BCUT2D eigenvalue weighted by atomic mass is 19.1. The minimum atomic E-state index is -0.357. The van der Waals surface area contributed by atoms with E-state index in [1.807, 2.05) is 6.20 Å². The number of rotatable bonds is 7. The SMILES string of the molecule is NCCCc1cn(CCOc2ccccc2F)nn1. The van der Waals surface area contributed by atoms with E-state index in [1.165, 1.54) is 6.07 Å². The molecular weight excluding hydrogens is 247 g/mol. The smallest absolute Gasteiger partial charge is 0.165 e. The quantitative estimate of drug-likeness (QED) is 0.820. The number of hydrogen-bond donors (Lipinski definition) is 1. The van der Waals surface area contributed by atoms with Gasteiger partial charge in [-0.05, 0) is 31.5 Å². The molecule has 102 valence electrons. The Balaban J connectivity index is 1.79. The van der Waals surface area contributed by atoms with E-state index in [0.717, 1.165) is 18.5 Å². The molecule has 2 aromatic rings. The fourth-order valence-corrected chi connectivity index (χ4v) is 1.66. The molecule has 2 N–H and O–H groups in total. The Bertz CT molecular complexity index is 515. The number of benzene rings is 1. The summed E-state index contributed by atoms with van der Waals surface area (Å²) < 4.78 is 20.3. The van der Waals surface area contributed by atoms with Gasteiger partial charge in [-0.25, -0.2) is 9.07 Å². The molecule has 0 fully saturated rings. The molecule has 2 rings (SSSR count). The molecule has 1 heterocycles. The van der Waals surface area contributed by atoms with E-state index in [-0.39, 0.29) is 11.6 Å². The first-order chi connectivity index (χ1) is 9.29. The first kappa shape index (κ1) is 13.5. The molecule has 1 aromatic carbocycles. The lowest BCUT2D eigenvalue weighted by molar-refractivity contribution is 0.277. The van der Waals surface area contributed by atoms with Gasteiger partial charge in [-0.15, -0.1) is 5.10 Å². The molecule has 1 aromatic heterocycles. The van der Waals surface area contributed by atoms with Crippen LogP contribution in [0.2, 0.25) is 0 Å². The molecule has 0 bridgehead atoms. The Morgan fingerprint density at radius 2 is 2.16 bits per heavy atom. The van der Waals surface area contributed by atoms with Gasteiger partial charge in [0.15, 0.2) is 11.6 Å². The summed E-state index contributed by atoms with van der Waals surface area (Å²) in [5, 5.41) is 8.00. The summed E-state index contributed by atoms with van der Waals surface area (Å²) in [4.78, 5) is 0. The first-order valence-electron chi connectivity index (χ1n) is 6.26. The van der Waals surface area contributed by atoms with Gasteiger partial charge in [0.1, 0.15) is 6.61 Å². The summed E-state index contributed by atoms with van der Waals surface area (Å²) >= 11 is 0. The van der Waals surface area contributed by atoms with Crippen LogP contribution < -0.4 is 10.5 Å². The molecule has 0 amide bonds. The number of nitrogens with zero attached hydrogens (tertiary/aromatic N) is 3. The lowest BCUT2D eigenvalue weighted by Gasteiger charge is -2.06. The number of para-hydroxylation sites is 1. The predicted molar refractivity (Wildman–Crippen MR) is 69.3 cm³/mol. The summed E-state index contributed by atoms with van der Waals surface area (Å²) in [6.45, 7) is 1.52. The maximum Gasteiger partial charge on any atom is 0.165 e. The molecule has 6 heteroatoms. The molecule has 0 atom stereocenters. The third kappa shape index (κ3) is 4.03. The van der Waals surface area contributed by atoms with Crippen LogP contribution in [0.15, 0.2) is 30.5 Å². The van der Waals surface area contributed by atoms with Crippen LogP contribution in [0.3, 0.4) is 0 Å². The Kier molecular flexibility index (Phi) is 4.85. The molecule has 0 saturated carbocycles. The molecule has 0 unspecified atom stereocenters. The van der Waals surface area contributed by atoms with Crippen molar-refractivity contribution < 1.29 is 9.13 Å². The van der Waals surface area contributed by atoms with E-state index >= 15 is 0 Å². The lowest BCUT2D eigenvalue weighted by Crippen LogP contribution is -2.09. The molecule has 0 aliphatic rings. The van der Waals surface area contributed by atoms with Crippen LogP contribution >= 0.6 is 0 Å². The van der Waals surface area contributed by atoms with Gasteiger partial charge in [0.05, 0.1) is 12.2 Å². The Labute approximate surface area is 111 Å². The van der Waals surface area contributed by atoms with Crippen LogP contribution in [0, 0.1) is 5.82 Å². The van der Waals surface area contributed by atoms with Crippen LogP contribution in [0.4, 0.5) is 4.39 Å². The van der Waals surface area contributed by atoms with E-state index in [0.29, 0.717) is 19.7 Å². The van der Waals surface area contributed by atoms with Gasteiger partial charge in [0.25, 0.3) is 0 Å². The molecule has 19 heavy (non-hydrogen) atoms. The van der Waals surface area contributed by atoms with Crippen molar-refractivity contribution in [2.45, 2.75) is 19.4 Å². The Hall–Kier alpha value is -1.95. The number of hydrogen-bond acceptors (Lipinski definition) is 4. The van der Waals surface area contributed by atoms with Crippen molar-refractivity contribution in [1.82, 2.24) is 15.0 Å². The monoisotopic (exact) mass is 264 g/mol. The maximum atomic E-state index is 13.3. The van der Waals surface area contributed by atoms with Gasteiger partial charge in [0.2, 0.25) is 0 Å². The number of aromatic nitrogens is 3. The zero-order valence-electron chi connectivity index (χ0n) is 10.6. The zero-order chi connectivity index (χ0) is 13.5. The van der Waals surface area contributed by atoms with Crippen molar-refractivity contribution in [3.63, 3.8) is 0 Å². The van der Waals surface area contributed by atoms with Crippen LogP contribution in [0.5, 0.6) is 5.75 Å². The highest BCUT2D eigenvalue weighted by molar-refractivity contribution is 5.23. The van der Waals surface area contributed by atoms with E-state index < -0.39 is 0 Å². The molecular formula is C13H17FN4O. The minimum Gasteiger partial charge on any atom is -0.489 e. The molecule has 0 radical (unpaired) electrons. The number of aryl methyl sites for hydroxylation is 1. The number of nitrogens with two attached hydrogens (primary N) is 1. The highest BCUT2D eigenvalue weighted by Gasteiger charge is 2.03. The van der Waals surface area contributed by atoms with E-state index in [1.54, 1.807) is 22.9 Å². The Morgan fingerprint density at radius 1 is 1.32 bits per heavy atom. The van der Waals surface area contributed by atoms with Crippen molar-refractivity contribution in [3.05, 3.63) is 42.0 Å². The van der Waals surface area contributed by atoms with E-state index in [4.69, 9.17) is 10.5 Å². The molecule has 0 aliphatic carbocycles. The van der Waals surface area contributed by atoms with Crippen LogP contribution in [0.1, 0.15) is 12.1 Å². The van der Waals surface area contributed by atoms with Crippen molar-refractivity contribution in [2.75, 3.05) is 13.2 Å². The summed E-state index contributed by atoms with van der Waals surface area (Å²) in [6, 6.07) is 6.33. The first-order valence-corrected chi connectivity index (χ1v) is 6.26. The molecule has 0 spiro atoms. The summed E-state index contributed by atoms with van der Waals surface area (Å²) in [5.74, 6) is -0.101. The third-order valence-corrected chi connectivity index (χ3v) is 2.64. The highest BCUT2D eigenvalue weighted by Crippen LogP contribution is 2.15. The second-order valence-electron chi connectivity index (χ2n) is 4.14. The number of ether oxygens (including phenoxy) is 1. The molecule has 0 saturated heterocycles. The zero-order valence-corrected chi connectivity index (χ0v) is 10.6. The van der Waals surface area contributed by atoms with Crippen molar-refractivity contribution in [1.29, 1.82) is 0 Å². The van der Waals surface area contributed by atoms with Gasteiger partial charge < -0.3 is 10.5 Å². The van der Waals surface area contributed by atoms with Crippen molar-refractivity contribution in [2.24, 2.45) is 5.73 Å². The molecule has 0 aliphatic heterocycles. The summed E-state index contributed by atoms with van der Waals surface area (Å²) in [7, 11) is 0. The minimum absolute atomic E-state index is 0.256.